The third-order valence-corrected chi connectivity index (χ3v) is 2.68. The van der Waals surface area contributed by atoms with Crippen LogP contribution in [0.2, 0.25) is 0 Å². The average Bonchev–Trinajstić information content (AvgIpc) is 2.88. The first kappa shape index (κ1) is 11.3. The molecule has 0 fully saturated rings. The Morgan fingerprint density at radius 2 is 2.05 bits per heavy atom. The van der Waals surface area contributed by atoms with Gasteiger partial charge < -0.3 is 15.2 Å². The van der Waals surface area contributed by atoms with Gasteiger partial charge in [-0.2, -0.15) is 5.10 Å². The number of methoxy groups -OCH3 is 1. The first-order chi connectivity index (χ1) is 9.28. The Kier molecular flexibility index (Phi) is 2.68. The molecule has 2 N–H and O–H groups in total. The largest absolute Gasteiger partial charge is 0.493 e. The molecule has 2 aromatic heterocycles. The van der Waals surface area contributed by atoms with Gasteiger partial charge in [0.15, 0.2) is 11.5 Å². The predicted molar refractivity (Wildman–Crippen MR) is 70.5 cm³/mol. The zero-order chi connectivity index (χ0) is 13.2. The van der Waals surface area contributed by atoms with Gasteiger partial charge in [0, 0.05) is 24.1 Å². The maximum atomic E-state index is 5.78. The van der Waals surface area contributed by atoms with Crippen LogP contribution in [0.3, 0.4) is 0 Å². The molecule has 0 aliphatic rings. The smallest absolute Gasteiger partial charge is 0.245 e. The minimum Gasteiger partial charge on any atom is -0.493 e. The van der Waals surface area contributed by atoms with Crippen molar-refractivity contribution < 1.29 is 9.47 Å². The van der Waals surface area contributed by atoms with Crippen LogP contribution in [0.1, 0.15) is 0 Å². The van der Waals surface area contributed by atoms with Crippen LogP contribution in [0, 0.1) is 0 Å². The summed E-state index contributed by atoms with van der Waals surface area (Å²) >= 11 is 0. The van der Waals surface area contributed by atoms with Crippen LogP contribution in [0.15, 0.2) is 42.9 Å². The molecule has 6 heteroatoms. The Morgan fingerprint density at radius 1 is 1.16 bits per heavy atom. The van der Waals surface area contributed by atoms with Crippen molar-refractivity contribution in [2.75, 3.05) is 12.8 Å². The van der Waals surface area contributed by atoms with Crippen LogP contribution in [0.5, 0.6) is 17.4 Å². The van der Waals surface area contributed by atoms with Crippen molar-refractivity contribution in [2.45, 2.75) is 0 Å². The summed E-state index contributed by atoms with van der Waals surface area (Å²) in [6.07, 6.45) is 5.05. The zero-order valence-electron chi connectivity index (χ0n) is 10.3. The van der Waals surface area contributed by atoms with E-state index in [1.807, 2.05) is 6.07 Å². The number of benzene rings is 1. The van der Waals surface area contributed by atoms with Gasteiger partial charge in [0.05, 0.1) is 13.3 Å². The van der Waals surface area contributed by atoms with E-state index in [0.717, 1.165) is 5.52 Å². The summed E-state index contributed by atoms with van der Waals surface area (Å²) in [5.74, 6) is 1.56. The molecule has 0 saturated heterocycles. The fraction of sp³-hybridized carbons (Fsp3) is 0.0769. The average molecular weight is 256 g/mol. The Morgan fingerprint density at radius 3 is 2.89 bits per heavy atom. The number of aromatic nitrogens is 3. The van der Waals surface area contributed by atoms with Crippen molar-refractivity contribution in [3.63, 3.8) is 0 Å². The van der Waals surface area contributed by atoms with Crippen molar-refractivity contribution in [1.29, 1.82) is 0 Å². The summed E-state index contributed by atoms with van der Waals surface area (Å²) < 4.78 is 12.7. The lowest BCUT2D eigenvalue weighted by molar-refractivity contribution is 0.375. The number of rotatable bonds is 3. The highest BCUT2D eigenvalue weighted by atomic mass is 16.5. The van der Waals surface area contributed by atoms with Gasteiger partial charge in [0.1, 0.15) is 5.52 Å². The van der Waals surface area contributed by atoms with Crippen LogP contribution in [-0.2, 0) is 0 Å². The standard InChI is InChI=1S/C13H12N4O2/c1-18-11-3-2-9(14)8-12(11)19-13-10-4-5-16-17(10)7-6-15-13/h2-8H,14H2,1H3. The molecule has 0 amide bonds. The zero-order valence-corrected chi connectivity index (χ0v) is 10.3. The van der Waals surface area contributed by atoms with Gasteiger partial charge in [0.25, 0.3) is 0 Å². The fourth-order valence-electron chi connectivity index (χ4n) is 1.79. The Hall–Kier alpha value is -2.76. The highest BCUT2D eigenvalue weighted by molar-refractivity contribution is 5.59. The highest BCUT2D eigenvalue weighted by Crippen LogP contribution is 2.33. The summed E-state index contributed by atoms with van der Waals surface area (Å²) in [6, 6.07) is 7.02. The van der Waals surface area contributed by atoms with Crippen LogP contribution in [0.25, 0.3) is 5.52 Å². The van der Waals surface area contributed by atoms with Gasteiger partial charge >= 0.3 is 0 Å². The van der Waals surface area contributed by atoms with Crippen molar-refractivity contribution >= 4 is 11.2 Å². The van der Waals surface area contributed by atoms with Gasteiger partial charge in [-0.25, -0.2) is 9.50 Å². The Bertz CT molecular complexity index is 723. The molecule has 6 nitrogen and oxygen atoms in total. The van der Waals surface area contributed by atoms with Gasteiger partial charge in [-0.1, -0.05) is 0 Å². The summed E-state index contributed by atoms with van der Waals surface area (Å²) in [4.78, 5) is 4.20. The van der Waals surface area contributed by atoms with Crippen LogP contribution < -0.4 is 15.2 Å². The molecule has 0 spiro atoms. The van der Waals surface area contributed by atoms with E-state index >= 15 is 0 Å². The third-order valence-electron chi connectivity index (χ3n) is 2.68. The van der Waals surface area contributed by atoms with Crippen molar-refractivity contribution in [3.05, 3.63) is 42.9 Å². The summed E-state index contributed by atoms with van der Waals surface area (Å²) in [6.45, 7) is 0. The number of fused-ring (bicyclic) bond motifs is 1. The van der Waals surface area contributed by atoms with E-state index in [1.165, 1.54) is 0 Å². The lowest BCUT2D eigenvalue weighted by Gasteiger charge is -2.10. The molecular formula is C13H12N4O2. The number of ether oxygens (including phenoxy) is 2. The topological polar surface area (TPSA) is 74.7 Å². The minimum absolute atomic E-state index is 0.448. The SMILES string of the molecule is COc1ccc(N)cc1Oc1nccn2nccc12. The molecule has 0 saturated carbocycles. The van der Waals surface area contributed by atoms with E-state index in [0.29, 0.717) is 23.1 Å². The molecule has 0 radical (unpaired) electrons. The molecule has 19 heavy (non-hydrogen) atoms. The molecule has 0 atom stereocenters. The van der Waals surface area contributed by atoms with Crippen molar-refractivity contribution in [2.24, 2.45) is 0 Å². The van der Waals surface area contributed by atoms with Crippen LogP contribution in [0.4, 0.5) is 5.69 Å². The lowest BCUT2D eigenvalue weighted by atomic mass is 10.3. The van der Waals surface area contributed by atoms with Gasteiger partial charge in [-0.3, -0.25) is 0 Å². The third kappa shape index (κ3) is 2.03. The van der Waals surface area contributed by atoms with Crippen molar-refractivity contribution in [1.82, 2.24) is 14.6 Å². The van der Waals surface area contributed by atoms with E-state index in [9.17, 15) is 0 Å². The molecule has 0 bridgehead atoms. The molecule has 0 aliphatic heterocycles. The lowest BCUT2D eigenvalue weighted by Crippen LogP contribution is -1.96. The number of hydrogen-bond acceptors (Lipinski definition) is 5. The number of hydrogen-bond donors (Lipinski definition) is 1. The van der Waals surface area contributed by atoms with E-state index in [4.69, 9.17) is 15.2 Å². The maximum absolute atomic E-state index is 5.78. The van der Waals surface area contributed by atoms with Gasteiger partial charge in [-0.15, -0.1) is 0 Å². The Labute approximate surface area is 109 Å². The second-order valence-electron chi connectivity index (χ2n) is 3.91. The second kappa shape index (κ2) is 4.49. The van der Waals surface area contributed by atoms with Crippen LogP contribution in [-0.4, -0.2) is 21.7 Å². The van der Waals surface area contributed by atoms with E-state index in [1.54, 1.807) is 48.4 Å². The second-order valence-corrected chi connectivity index (χ2v) is 3.91. The van der Waals surface area contributed by atoms with E-state index in [2.05, 4.69) is 10.1 Å². The first-order valence-corrected chi connectivity index (χ1v) is 5.67. The summed E-state index contributed by atoms with van der Waals surface area (Å²) in [5.41, 5.74) is 7.12. The number of nitrogens with two attached hydrogens (primary N) is 1. The number of nitrogens with zero attached hydrogens (tertiary/aromatic N) is 3. The van der Waals surface area contributed by atoms with Crippen molar-refractivity contribution in [3.8, 4) is 17.4 Å². The monoisotopic (exact) mass is 256 g/mol. The summed E-state index contributed by atoms with van der Waals surface area (Å²) in [7, 11) is 1.57. The summed E-state index contributed by atoms with van der Waals surface area (Å²) in [5, 5.41) is 4.12. The van der Waals surface area contributed by atoms with E-state index in [-0.39, 0.29) is 0 Å². The first-order valence-electron chi connectivity index (χ1n) is 5.67. The minimum atomic E-state index is 0.448. The molecular weight excluding hydrogens is 244 g/mol. The normalized spacial score (nSPS) is 10.6. The molecule has 1 aromatic carbocycles. The van der Waals surface area contributed by atoms with Gasteiger partial charge in [-0.05, 0) is 18.2 Å². The quantitative estimate of drug-likeness (QED) is 0.726. The number of nitrogen functional groups attached to an aromatic ring is 1. The molecule has 2 heterocycles. The molecule has 0 unspecified atom stereocenters. The highest BCUT2D eigenvalue weighted by Gasteiger charge is 2.10. The maximum Gasteiger partial charge on any atom is 0.245 e. The van der Waals surface area contributed by atoms with E-state index < -0.39 is 0 Å². The molecule has 3 aromatic rings. The number of anilines is 1. The fourth-order valence-corrected chi connectivity index (χ4v) is 1.79. The van der Waals surface area contributed by atoms with Gasteiger partial charge in [0.2, 0.25) is 5.88 Å². The Balaban J connectivity index is 2.05. The molecule has 96 valence electrons. The molecule has 3 rings (SSSR count). The molecule has 0 aliphatic carbocycles. The van der Waals surface area contributed by atoms with Crippen LogP contribution >= 0.6 is 0 Å². The predicted octanol–water partition coefficient (Wildman–Crippen LogP) is 2.11.